The molecule has 0 bridgehead atoms. The molecule has 0 unspecified atom stereocenters. The number of nitrogens with zero attached hydrogens (tertiary/aromatic N) is 3. The van der Waals surface area contributed by atoms with E-state index in [2.05, 4.69) is 11.1 Å². The monoisotopic (exact) mass is 363 g/mol. The van der Waals surface area contributed by atoms with Crippen LogP contribution in [0.1, 0.15) is 23.2 Å². The Labute approximate surface area is 149 Å². The Balaban J connectivity index is 1.59. The molecule has 0 N–H and O–H groups in total. The lowest BCUT2D eigenvalue weighted by molar-refractivity contribution is -0.138. The van der Waals surface area contributed by atoms with E-state index in [-0.39, 0.29) is 11.8 Å². The summed E-state index contributed by atoms with van der Waals surface area (Å²) >= 11 is 3.36. The van der Waals surface area contributed by atoms with E-state index in [1.807, 2.05) is 23.3 Å². The van der Waals surface area contributed by atoms with E-state index in [1.165, 1.54) is 4.88 Å². The summed E-state index contributed by atoms with van der Waals surface area (Å²) in [6, 6.07) is 4.10. The van der Waals surface area contributed by atoms with Crippen molar-refractivity contribution in [3.63, 3.8) is 0 Å². The Morgan fingerprint density at radius 2 is 1.92 bits per heavy atom. The van der Waals surface area contributed by atoms with Gasteiger partial charge in [0.2, 0.25) is 11.8 Å². The summed E-state index contributed by atoms with van der Waals surface area (Å²) < 4.78 is 0. The predicted octanol–water partition coefficient (Wildman–Crippen LogP) is 2.80. The predicted molar refractivity (Wildman–Crippen MR) is 97.3 cm³/mol. The number of carbonyl (C=O) groups excluding carboxylic acids is 2. The third-order valence-electron chi connectivity index (χ3n) is 4.20. The van der Waals surface area contributed by atoms with Gasteiger partial charge in [-0.1, -0.05) is 6.07 Å². The normalized spacial score (nSPS) is 14.9. The van der Waals surface area contributed by atoms with Gasteiger partial charge >= 0.3 is 0 Å². The first-order valence-electron chi connectivity index (χ1n) is 8.08. The van der Waals surface area contributed by atoms with Gasteiger partial charge in [0.05, 0.1) is 15.6 Å². The number of rotatable bonds is 4. The molecule has 0 aliphatic carbocycles. The molecule has 3 rings (SSSR count). The van der Waals surface area contributed by atoms with E-state index >= 15 is 0 Å². The van der Waals surface area contributed by atoms with Crippen LogP contribution in [0.3, 0.4) is 0 Å². The average molecular weight is 364 g/mol. The molecule has 1 aliphatic heterocycles. The summed E-state index contributed by atoms with van der Waals surface area (Å²) in [7, 11) is 0. The minimum atomic E-state index is 0.0859. The maximum Gasteiger partial charge on any atom is 0.223 e. The highest BCUT2D eigenvalue weighted by molar-refractivity contribution is 7.15. The first-order chi connectivity index (χ1) is 11.5. The van der Waals surface area contributed by atoms with Crippen LogP contribution in [0.25, 0.3) is 10.6 Å². The smallest absolute Gasteiger partial charge is 0.223 e. The Bertz CT molecular complexity index is 716. The van der Waals surface area contributed by atoms with Crippen LogP contribution in [-0.4, -0.2) is 52.8 Å². The minimum absolute atomic E-state index is 0.0859. The van der Waals surface area contributed by atoms with Crippen molar-refractivity contribution < 1.29 is 9.59 Å². The van der Waals surface area contributed by atoms with Crippen LogP contribution in [-0.2, 0) is 16.0 Å². The number of thiophene rings is 1. The molecule has 1 fully saturated rings. The number of amides is 2. The highest BCUT2D eigenvalue weighted by atomic mass is 32.1. The second-order valence-electron chi connectivity index (χ2n) is 5.87. The highest BCUT2D eigenvalue weighted by Gasteiger charge is 2.22. The SMILES string of the molecule is CC(=O)N1CCN(C(=O)CCc2sc(C)nc2-c2cccs2)CC1. The van der Waals surface area contributed by atoms with E-state index in [1.54, 1.807) is 34.5 Å². The molecule has 5 nitrogen and oxygen atoms in total. The molecule has 2 aromatic rings. The van der Waals surface area contributed by atoms with E-state index < -0.39 is 0 Å². The number of hydrogen-bond acceptors (Lipinski definition) is 5. The largest absolute Gasteiger partial charge is 0.339 e. The molecule has 24 heavy (non-hydrogen) atoms. The van der Waals surface area contributed by atoms with E-state index in [0.717, 1.165) is 22.0 Å². The number of aromatic nitrogens is 1. The fourth-order valence-electron chi connectivity index (χ4n) is 2.89. The van der Waals surface area contributed by atoms with E-state index in [0.29, 0.717) is 32.6 Å². The van der Waals surface area contributed by atoms with Gasteiger partial charge in [0, 0.05) is 44.4 Å². The molecule has 0 spiro atoms. The highest BCUT2D eigenvalue weighted by Crippen LogP contribution is 2.32. The number of aryl methyl sites for hydroxylation is 2. The zero-order chi connectivity index (χ0) is 17.1. The van der Waals surface area contributed by atoms with Crippen molar-refractivity contribution in [2.45, 2.75) is 26.7 Å². The van der Waals surface area contributed by atoms with Crippen molar-refractivity contribution in [3.8, 4) is 10.6 Å². The first kappa shape index (κ1) is 17.1. The zero-order valence-electron chi connectivity index (χ0n) is 13.9. The molecule has 2 aromatic heterocycles. The lowest BCUT2D eigenvalue weighted by Crippen LogP contribution is -2.50. The molecule has 0 radical (unpaired) electrons. The standard InChI is InChI=1S/C17H21N3O2S2/c1-12-18-17(14-4-3-11-23-14)15(24-12)5-6-16(22)20-9-7-19(8-10-20)13(2)21/h3-4,11H,5-10H2,1-2H3. The van der Waals surface area contributed by atoms with Crippen LogP contribution in [0.5, 0.6) is 0 Å². The van der Waals surface area contributed by atoms with E-state index in [9.17, 15) is 9.59 Å². The molecule has 128 valence electrons. The summed E-state index contributed by atoms with van der Waals surface area (Å²) in [5.74, 6) is 0.254. The third-order valence-corrected chi connectivity index (χ3v) is 6.11. The second-order valence-corrected chi connectivity index (χ2v) is 8.10. The van der Waals surface area contributed by atoms with Crippen molar-refractivity contribution in [2.75, 3.05) is 26.2 Å². The Morgan fingerprint density at radius 1 is 1.21 bits per heavy atom. The van der Waals surface area contributed by atoms with Crippen LogP contribution in [0.15, 0.2) is 17.5 Å². The maximum atomic E-state index is 12.5. The topological polar surface area (TPSA) is 53.5 Å². The average Bonchev–Trinajstić information content (AvgIpc) is 3.21. The Hall–Kier alpha value is -1.73. The van der Waals surface area contributed by atoms with Gasteiger partial charge in [-0.15, -0.1) is 22.7 Å². The molecule has 0 aromatic carbocycles. The molecular formula is C17H21N3O2S2. The van der Waals surface area contributed by atoms with Crippen molar-refractivity contribution >= 4 is 34.5 Å². The summed E-state index contributed by atoms with van der Waals surface area (Å²) in [6.45, 7) is 6.14. The van der Waals surface area contributed by atoms with Gasteiger partial charge in [0.15, 0.2) is 0 Å². The van der Waals surface area contributed by atoms with Crippen LogP contribution in [0.4, 0.5) is 0 Å². The van der Waals surface area contributed by atoms with Crippen LogP contribution in [0.2, 0.25) is 0 Å². The minimum Gasteiger partial charge on any atom is -0.339 e. The Morgan fingerprint density at radius 3 is 2.54 bits per heavy atom. The molecule has 0 saturated carbocycles. The number of carbonyl (C=O) groups is 2. The summed E-state index contributed by atoms with van der Waals surface area (Å²) in [6.07, 6.45) is 1.23. The van der Waals surface area contributed by atoms with Gasteiger partial charge in [-0.2, -0.15) is 0 Å². The summed E-state index contributed by atoms with van der Waals surface area (Å²) in [4.78, 5) is 34.5. The van der Waals surface area contributed by atoms with Crippen molar-refractivity contribution in [3.05, 3.63) is 27.4 Å². The molecule has 2 amide bonds. The number of thiazole rings is 1. The Kier molecular flexibility index (Phi) is 5.30. The lowest BCUT2D eigenvalue weighted by atomic mass is 10.2. The van der Waals surface area contributed by atoms with Gasteiger partial charge in [-0.05, 0) is 24.8 Å². The van der Waals surface area contributed by atoms with Gasteiger partial charge in [0.25, 0.3) is 0 Å². The van der Waals surface area contributed by atoms with Gasteiger partial charge in [0.1, 0.15) is 0 Å². The van der Waals surface area contributed by atoms with Crippen molar-refractivity contribution in [1.29, 1.82) is 0 Å². The van der Waals surface area contributed by atoms with Crippen LogP contribution in [0, 0.1) is 6.92 Å². The molecule has 0 atom stereocenters. The molecule has 1 saturated heterocycles. The van der Waals surface area contributed by atoms with E-state index in [4.69, 9.17) is 0 Å². The van der Waals surface area contributed by atoms with Crippen LogP contribution < -0.4 is 0 Å². The maximum absolute atomic E-state index is 12.5. The van der Waals surface area contributed by atoms with Crippen molar-refractivity contribution in [2.24, 2.45) is 0 Å². The van der Waals surface area contributed by atoms with Gasteiger partial charge in [-0.25, -0.2) is 4.98 Å². The zero-order valence-corrected chi connectivity index (χ0v) is 15.6. The molecular weight excluding hydrogens is 342 g/mol. The van der Waals surface area contributed by atoms with Crippen LogP contribution >= 0.6 is 22.7 Å². The number of hydrogen-bond donors (Lipinski definition) is 0. The first-order valence-corrected chi connectivity index (χ1v) is 9.77. The van der Waals surface area contributed by atoms with Crippen molar-refractivity contribution in [1.82, 2.24) is 14.8 Å². The molecule has 3 heterocycles. The number of piperazine rings is 1. The fourth-order valence-corrected chi connectivity index (χ4v) is 4.65. The quantitative estimate of drug-likeness (QED) is 0.839. The van der Waals surface area contributed by atoms with Gasteiger partial charge in [-0.3, -0.25) is 9.59 Å². The summed E-state index contributed by atoms with van der Waals surface area (Å²) in [5, 5.41) is 3.09. The second kappa shape index (κ2) is 7.44. The molecule has 7 heteroatoms. The third kappa shape index (κ3) is 3.84. The lowest BCUT2D eigenvalue weighted by Gasteiger charge is -2.34. The fraction of sp³-hybridized carbons (Fsp3) is 0.471. The van der Waals surface area contributed by atoms with Gasteiger partial charge < -0.3 is 9.80 Å². The summed E-state index contributed by atoms with van der Waals surface area (Å²) in [5.41, 5.74) is 1.03. The molecule has 1 aliphatic rings.